The van der Waals surface area contributed by atoms with E-state index >= 15 is 0 Å². The summed E-state index contributed by atoms with van der Waals surface area (Å²) in [7, 11) is 4.25. The van der Waals surface area contributed by atoms with Crippen LogP contribution in [-0.2, 0) is 20.9 Å². The first-order valence-corrected chi connectivity index (χ1v) is 20.3. The third-order valence-corrected chi connectivity index (χ3v) is 12.9. The van der Waals surface area contributed by atoms with Crippen molar-refractivity contribution in [2.75, 3.05) is 76.3 Å². The van der Waals surface area contributed by atoms with Gasteiger partial charge in [0, 0.05) is 101 Å². The summed E-state index contributed by atoms with van der Waals surface area (Å²) in [5.41, 5.74) is 5.62. The molecule has 5 aliphatic rings. The molecule has 3 aromatic rings. The molecule has 0 spiro atoms. The highest BCUT2D eigenvalue weighted by Crippen LogP contribution is 2.35. The Balaban J connectivity index is 0.805. The predicted octanol–water partition coefficient (Wildman–Crippen LogP) is 4.02. The van der Waals surface area contributed by atoms with Crippen LogP contribution in [0.15, 0.2) is 60.7 Å². The maximum atomic E-state index is 14.7. The number of hydrogen-bond acceptors (Lipinski definition) is 9. The molecule has 0 aliphatic carbocycles. The summed E-state index contributed by atoms with van der Waals surface area (Å²) in [4.78, 5) is 76.2. The van der Waals surface area contributed by atoms with Gasteiger partial charge in [-0.1, -0.05) is 24.3 Å². The van der Waals surface area contributed by atoms with Gasteiger partial charge >= 0.3 is 0 Å². The molecular formula is C44H52FN7O5. The molecule has 3 aromatic carbocycles. The Hall–Kier alpha value is -5.14. The van der Waals surface area contributed by atoms with E-state index in [1.54, 1.807) is 24.3 Å². The number of imide groups is 2. The van der Waals surface area contributed by atoms with Crippen molar-refractivity contribution >= 4 is 40.9 Å². The molecule has 5 amide bonds. The summed E-state index contributed by atoms with van der Waals surface area (Å²) in [5, 5.41) is 2.23. The second-order valence-electron chi connectivity index (χ2n) is 16.6. The number of carbonyl (C=O) groups excluding carboxylic acids is 5. The Labute approximate surface area is 333 Å². The number of anilines is 2. The minimum Gasteiger partial charge on any atom is -0.371 e. The lowest BCUT2D eigenvalue weighted by Crippen LogP contribution is -2.54. The number of fused-ring (bicyclic) bond motifs is 1. The van der Waals surface area contributed by atoms with E-state index in [0.717, 1.165) is 79.5 Å². The van der Waals surface area contributed by atoms with E-state index in [0.29, 0.717) is 38.0 Å². The SMILES string of the molecule is Cc1cccc(F)c1CN1C[C@H](c2ccc(N3CCN(C(=O)CC4CCN(c5ccc6c(c5)C(=O)N(C5CCC(=O)NC5=O)C6=O)CC4)CC3)cc2)[C@@H](N(C)C)C1. The number of likely N-dealkylation sites (tertiary alicyclic amines) is 1. The fourth-order valence-electron chi connectivity index (χ4n) is 9.51. The zero-order chi connectivity index (χ0) is 40.0. The molecule has 12 nitrogen and oxygen atoms in total. The maximum absolute atomic E-state index is 14.7. The van der Waals surface area contributed by atoms with Crippen LogP contribution < -0.4 is 15.1 Å². The number of aryl methyl sites for hydroxylation is 1. The lowest BCUT2D eigenvalue weighted by atomic mass is 9.92. The number of hydrogen-bond donors (Lipinski definition) is 1. The molecule has 1 unspecified atom stereocenters. The number of benzene rings is 3. The van der Waals surface area contributed by atoms with Crippen molar-refractivity contribution < 1.29 is 28.4 Å². The van der Waals surface area contributed by atoms with Gasteiger partial charge in [0.25, 0.3) is 11.8 Å². The average Bonchev–Trinajstić information content (AvgIpc) is 3.75. The first-order chi connectivity index (χ1) is 27.4. The van der Waals surface area contributed by atoms with Crippen LogP contribution in [0.1, 0.15) is 75.4 Å². The van der Waals surface area contributed by atoms with Gasteiger partial charge in [0.05, 0.1) is 11.1 Å². The number of likely N-dealkylation sites (N-methyl/N-ethyl adjacent to an activating group) is 1. The zero-order valence-corrected chi connectivity index (χ0v) is 33.1. The van der Waals surface area contributed by atoms with Gasteiger partial charge < -0.3 is 19.6 Å². The smallest absolute Gasteiger partial charge is 0.262 e. The van der Waals surface area contributed by atoms with Gasteiger partial charge in [0.1, 0.15) is 11.9 Å². The van der Waals surface area contributed by atoms with Crippen molar-refractivity contribution in [2.45, 2.75) is 63.6 Å². The maximum Gasteiger partial charge on any atom is 0.262 e. The Morgan fingerprint density at radius 1 is 0.807 bits per heavy atom. The quantitative estimate of drug-likeness (QED) is 0.322. The van der Waals surface area contributed by atoms with Gasteiger partial charge in [0.15, 0.2) is 0 Å². The molecular weight excluding hydrogens is 726 g/mol. The van der Waals surface area contributed by atoms with E-state index in [1.165, 1.54) is 5.56 Å². The fourth-order valence-corrected chi connectivity index (χ4v) is 9.51. The van der Waals surface area contributed by atoms with Crippen LogP contribution in [0.4, 0.5) is 15.8 Å². The Morgan fingerprint density at radius 3 is 2.18 bits per heavy atom. The van der Waals surface area contributed by atoms with Gasteiger partial charge in [-0.2, -0.15) is 0 Å². The van der Waals surface area contributed by atoms with E-state index in [-0.39, 0.29) is 41.6 Å². The molecule has 4 fully saturated rings. The van der Waals surface area contributed by atoms with Gasteiger partial charge in [-0.05, 0) is 93.7 Å². The molecule has 5 aliphatic heterocycles. The number of halogens is 1. The number of piperidine rings is 2. The number of piperazine rings is 1. The molecule has 8 rings (SSSR count). The van der Waals surface area contributed by atoms with E-state index < -0.39 is 29.7 Å². The van der Waals surface area contributed by atoms with Crippen molar-refractivity contribution in [3.63, 3.8) is 0 Å². The molecule has 0 radical (unpaired) electrons. The third kappa shape index (κ3) is 7.79. The van der Waals surface area contributed by atoms with Crippen LogP contribution >= 0.6 is 0 Å². The fraction of sp³-hybridized carbons (Fsp3) is 0.477. The molecule has 0 aromatic heterocycles. The lowest BCUT2D eigenvalue weighted by Gasteiger charge is -2.38. The van der Waals surface area contributed by atoms with Crippen LogP contribution in [0.2, 0.25) is 0 Å². The van der Waals surface area contributed by atoms with Crippen LogP contribution in [-0.4, -0.2) is 128 Å². The molecule has 4 saturated heterocycles. The Kier molecular flexibility index (Phi) is 10.9. The van der Waals surface area contributed by atoms with Crippen LogP contribution in [0.25, 0.3) is 0 Å². The van der Waals surface area contributed by atoms with E-state index in [9.17, 15) is 28.4 Å². The molecule has 3 atom stereocenters. The number of nitrogens with zero attached hydrogens (tertiary/aromatic N) is 6. The van der Waals surface area contributed by atoms with Crippen LogP contribution in [0.3, 0.4) is 0 Å². The van der Waals surface area contributed by atoms with E-state index in [1.807, 2.05) is 24.0 Å². The molecule has 0 bridgehead atoms. The summed E-state index contributed by atoms with van der Waals surface area (Å²) < 4.78 is 14.7. The molecule has 0 saturated carbocycles. The second-order valence-corrected chi connectivity index (χ2v) is 16.6. The van der Waals surface area contributed by atoms with Crippen molar-refractivity contribution in [3.8, 4) is 0 Å². The van der Waals surface area contributed by atoms with E-state index in [4.69, 9.17) is 0 Å². The normalized spacial score (nSPS) is 23.5. The molecule has 1 N–H and O–H groups in total. The molecule has 13 heteroatoms. The van der Waals surface area contributed by atoms with Crippen molar-refractivity contribution in [1.29, 1.82) is 0 Å². The standard InChI is InChI=1S/C44H52FN7O5/c1-28-5-4-6-37(45)35(28)25-48-26-36(39(27-48)47(2)3)30-7-9-31(10-8-30)50-19-21-51(22-20-50)41(54)23-29-15-17-49(18-16-29)32-11-12-33-34(24-32)44(57)52(43(33)56)38-13-14-40(53)46-42(38)55/h4-12,24,29,36,38-39H,13-23,25-27H2,1-3H3,(H,46,53,55)/t36-,38?,39+/m1/s1. The van der Waals surface area contributed by atoms with Gasteiger partial charge in [-0.15, -0.1) is 0 Å². The molecule has 57 heavy (non-hydrogen) atoms. The first-order valence-electron chi connectivity index (χ1n) is 20.3. The summed E-state index contributed by atoms with van der Waals surface area (Å²) in [6, 6.07) is 18.8. The number of nitrogens with one attached hydrogen (secondary N) is 1. The topological polar surface area (TPSA) is 117 Å². The van der Waals surface area contributed by atoms with Gasteiger partial charge in [-0.3, -0.25) is 39.1 Å². The van der Waals surface area contributed by atoms with E-state index in [2.05, 4.69) is 63.3 Å². The minimum atomic E-state index is -0.989. The Morgan fingerprint density at radius 2 is 1.49 bits per heavy atom. The summed E-state index contributed by atoms with van der Waals surface area (Å²) in [6.07, 6.45) is 2.42. The van der Waals surface area contributed by atoms with Crippen molar-refractivity contribution in [2.24, 2.45) is 5.92 Å². The highest BCUT2D eigenvalue weighted by atomic mass is 19.1. The molecule has 300 valence electrons. The summed E-state index contributed by atoms with van der Waals surface area (Å²) in [5.74, 6) is -1.38. The van der Waals surface area contributed by atoms with Gasteiger partial charge in [-0.25, -0.2) is 4.39 Å². The van der Waals surface area contributed by atoms with Crippen LogP contribution in [0.5, 0.6) is 0 Å². The van der Waals surface area contributed by atoms with Gasteiger partial charge in [0.2, 0.25) is 17.7 Å². The molecule has 5 heterocycles. The second kappa shape index (κ2) is 16.0. The number of carbonyl (C=O) groups is 5. The average molecular weight is 778 g/mol. The zero-order valence-electron chi connectivity index (χ0n) is 33.1. The highest BCUT2D eigenvalue weighted by Gasteiger charge is 2.45. The number of rotatable bonds is 9. The monoisotopic (exact) mass is 777 g/mol. The predicted molar refractivity (Wildman–Crippen MR) is 215 cm³/mol. The largest absolute Gasteiger partial charge is 0.371 e. The Bertz CT molecular complexity index is 2040. The van der Waals surface area contributed by atoms with Crippen LogP contribution in [0, 0.1) is 18.7 Å². The highest BCUT2D eigenvalue weighted by molar-refractivity contribution is 6.23. The lowest BCUT2D eigenvalue weighted by molar-refractivity contribution is -0.136. The minimum absolute atomic E-state index is 0.0811. The third-order valence-electron chi connectivity index (χ3n) is 12.9. The van der Waals surface area contributed by atoms with Crippen molar-refractivity contribution in [3.05, 3.63) is 94.3 Å². The summed E-state index contributed by atoms with van der Waals surface area (Å²) in [6.45, 7) is 8.76. The first kappa shape index (κ1) is 38.7. The summed E-state index contributed by atoms with van der Waals surface area (Å²) >= 11 is 0. The number of amides is 5. The van der Waals surface area contributed by atoms with Crippen molar-refractivity contribution in [1.82, 2.24) is 24.9 Å².